The third-order valence-electron chi connectivity index (χ3n) is 3.71. The topological polar surface area (TPSA) is 73.9 Å². The van der Waals surface area contributed by atoms with Crippen LogP contribution in [0.25, 0.3) is 10.9 Å². The summed E-state index contributed by atoms with van der Waals surface area (Å²) in [6, 6.07) is 4.32. The van der Waals surface area contributed by atoms with Crippen molar-refractivity contribution in [3.05, 3.63) is 34.4 Å². The summed E-state index contributed by atoms with van der Waals surface area (Å²) in [5, 5.41) is 10.3. The lowest BCUT2D eigenvalue weighted by atomic mass is 10.2. The molecule has 0 aromatic carbocycles. The predicted octanol–water partition coefficient (Wildman–Crippen LogP) is 0.502. The molecule has 1 aliphatic heterocycles. The lowest BCUT2D eigenvalue weighted by molar-refractivity contribution is 0.290. The van der Waals surface area contributed by atoms with Gasteiger partial charge in [-0.2, -0.15) is 5.10 Å². The molecule has 6 nitrogen and oxygen atoms in total. The molecule has 0 saturated carbocycles. The highest BCUT2D eigenvalue weighted by atomic mass is 16.1. The number of aromatic nitrogens is 3. The smallest absolute Gasteiger partial charge is 0.273 e. The minimum Gasteiger partial charge on any atom is -0.313 e. The minimum absolute atomic E-state index is 0.190. The average Bonchev–Trinajstić information content (AvgIpc) is 2.91. The van der Waals surface area contributed by atoms with Crippen LogP contribution in [0.4, 0.5) is 0 Å². The Morgan fingerprint density at radius 2 is 2.35 bits per heavy atom. The molecular formula is C14H19N5O. The van der Waals surface area contributed by atoms with E-state index in [9.17, 15) is 4.79 Å². The summed E-state index contributed by atoms with van der Waals surface area (Å²) in [6.07, 6.45) is 4.11. The van der Waals surface area contributed by atoms with Gasteiger partial charge < -0.3 is 5.32 Å². The molecule has 1 atom stereocenters. The Hall–Kier alpha value is -1.79. The zero-order chi connectivity index (χ0) is 13.9. The Balaban J connectivity index is 1.72. The zero-order valence-corrected chi connectivity index (χ0v) is 11.6. The molecule has 1 saturated heterocycles. The van der Waals surface area contributed by atoms with E-state index in [1.165, 1.54) is 12.8 Å². The molecule has 1 aliphatic rings. The average molecular weight is 273 g/mol. The molecule has 0 bridgehead atoms. The number of fused-ring (bicyclic) bond motifs is 1. The van der Waals surface area contributed by atoms with Gasteiger partial charge in [-0.1, -0.05) is 0 Å². The maximum Gasteiger partial charge on any atom is 0.273 e. The van der Waals surface area contributed by atoms with Crippen molar-refractivity contribution in [2.45, 2.75) is 25.4 Å². The molecule has 1 fully saturated rings. The van der Waals surface area contributed by atoms with Crippen molar-refractivity contribution >= 4 is 10.9 Å². The molecule has 0 spiro atoms. The number of rotatable bonds is 4. The number of pyridine rings is 1. The third-order valence-corrected chi connectivity index (χ3v) is 3.71. The molecule has 1 unspecified atom stereocenters. The lowest BCUT2D eigenvalue weighted by Crippen LogP contribution is -2.35. The molecule has 0 radical (unpaired) electrons. The summed E-state index contributed by atoms with van der Waals surface area (Å²) in [5.74, 6) is 0. The fourth-order valence-electron chi connectivity index (χ4n) is 2.74. The largest absolute Gasteiger partial charge is 0.313 e. The highest BCUT2D eigenvalue weighted by Gasteiger charge is 2.16. The molecule has 2 aromatic heterocycles. The van der Waals surface area contributed by atoms with Crippen LogP contribution in [0, 0.1) is 0 Å². The second-order valence-electron chi connectivity index (χ2n) is 5.42. The van der Waals surface area contributed by atoms with Crippen LogP contribution < -0.4 is 10.9 Å². The van der Waals surface area contributed by atoms with Crippen LogP contribution in [-0.4, -0.2) is 46.3 Å². The van der Waals surface area contributed by atoms with E-state index in [0.717, 1.165) is 25.3 Å². The molecular weight excluding hydrogens is 254 g/mol. The number of H-pyrrole nitrogens is 1. The second kappa shape index (κ2) is 5.68. The number of nitrogens with one attached hydrogen (secondary N) is 2. The van der Waals surface area contributed by atoms with Crippen molar-refractivity contribution in [3.8, 4) is 0 Å². The first-order valence-corrected chi connectivity index (χ1v) is 6.97. The summed E-state index contributed by atoms with van der Waals surface area (Å²) >= 11 is 0. The van der Waals surface area contributed by atoms with E-state index >= 15 is 0 Å². The Morgan fingerprint density at radius 3 is 3.15 bits per heavy atom. The number of hydrogen-bond acceptors (Lipinski definition) is 5. The highest BCUT2D eigenvalue weighted by molar-refractivity contribution is 5.76. The predicted molar refractivity (Wildman–Crippen MR) is 77.5 cm³/mol. The molecule has 2 N–H and O–H groups in total. The van der Waals surface area contributed by atoms with Gasteiger partial charge in [-0.3, -0.25) is 9.69 Å². The van der Waals surface area contributed by atoms with Gasteiger partial charge in [0, 0.05) is 19.1 Å². The van der Waals surface area contributed by atoms with Crippen LogP contribution in [0.3, 0.4) is 0 Å². The van der Waals surface area contributed by atoms with E-state index < -0.39 is 0 Å². The molecule has 3 heterocycles. The van der Waals surface area contributed by atoms with Crippen molar-refractivity contribution in [3.63, 3.8) is 0 Å². The summed E-state index contributed by atoms with van der Waals surface area (Å²) < 4.78 is 0. The number of nitrogens with zero attached hydrogens (tertiary/aromatic N) is 3. The molecule has 3 rings (SSSR count). The van der Waals surface area contributed by atoms with E-state index in [2.05, 4.69) is 32.4 Å². The Morgan fingerprint density at radius 1 is 1.45 bits per heavy atom. The first-order chi connectivity index (χ1) is 9.72. The van der Waals surface area contributed by atoms with E-state index in [1.54, 1.807) is 6.20 Å². The van der Waals surface area contributed by atoms with E-state index in [0.29, 0.717) is 16.9 Å². The molecule has 2 aromatic rings. The Labute approximate surface area is 117 Å². The molecule has 0 amide bonds. The van der Waals surface area contributed by atoms with E-state index in [1.807, 2.05) is 12.1 Å². The molecule has 20 heavy (non-hydrogen) atoms. The molecule has 0 aliphatic carbocycles. The monoisotopic (exact) mass is 273 g/mol. The SMILES string of the molecule is CN(Cc1ccc2c(=O)[nH]ncc2n1)CC1CCCN1. The van der Waals surface area contributed by atoms with Crippen LogP contribution >= 0.6 is 0 Å². The van der Waals surface area contributed by atoms with Crippen LogP contribution in [0.15, 0.2) is 23.1 Å². The quantitative estimate of drug-likeness (QED) is 0.848. The van der Waals surface area contributed by atoms with Crippen LogP contribution in [-0.2, 0) is 6.54 Å². The van der Waals surface area contributed by atoms with Gasteiger partial charge in [0.2, 0.25) is 0 Å². The maximum absolute atomic E-state index is 11.6. The first-order valence-electron chi connectivity index (χ1n) is 6.97. The van der Waals surface area contributed by atoms with Gasteiger partial charge in [0.25, 0.3) is 5.56 Å². The fraction of sp³-hybridized carbons (Fsp3) is 0.500. The van der Waals surface area contributed by atoms with Crippen molar-refractivity contribution in [2.24, 2.45) is 0 Å². The van der Waals surface area contributed by atoms with Crippen molar-refractivity contribution < 1.29 is 0 Å². The van der Waals surface area contributed by atoms with Gasteiger partial charge >= 0.3 is 0 Å². The van der Waals surface area contributed by atoms with Gasteiger partial charge in [0.1, 0.15) is 0 Å². The zero-order valence-electron chi connectivity index (χ0n) is 11.6. The number of likely N-dealkylation sites (N-methyl/N-ethyl adjacent to an activating group) is 1. The van der Waals surface area contributed by atoms with Crippen molar-refractivity contribution in [1.29, 1.82) is 0 Å². The summed E-state index contributed by atoms with van der Waals surface area (Å²) in [6.45, 7) is 2.93. The number of hydrogen-bond donors (Lipinski definition) is 2. The van der Waals surface area contributed by atoms with Gasteiger partial charge in [0.05, 0.1) is 22.8 Å². The fourth-order valence-corrected chi connectivity index (χ4v) is 2.74. The third kappa shape index (κ3) is 2.86. The second-order valence-corrected chi connectivity index (χ2v) is 5.42. The van der Waals surface area contributed by atoms with Crippen LogP contribution in [0.1, 0.15) is 18.5 Å². The van der Waals surface area contributed by atoms with Crippen LogP contribution in [0.2, 0.25) is 0 Å². The number of aromatic amines is 1. The Kier molecular flexibility index (Phi) is 3.75. The van der Waals surface area contributed by atoms with Gasteiger partial charge in [0.15, 0.2) is 0 Å². The summed E-state index contributed by atoms with van der Waals surface area (Å²) in [5.41, 5.74) is 1.43. The summed E-state index contributed by atoms with van der Waals surface area (Å²) in [7, 11) is 2.10. The van der Waals surface area contributed by atoms with Crippen molar-refractivity contribution in [2.75, 3.05) is 20.1 Å². The van der Waals surface area contributed by atoms with Gasteiger partial charge in [-0.25, -0.2) is 10.1 Å². The van der Waals surface area contributed by atoms with Crippen LogP contribution in [0.5, 0.6) is 0 Å². The van der Waals surface area contributed by atoms with Crippen molar-refractivity contribution in [1.82, 2.24) is 25.4 Å². The lowest BCUT2D eigenvalue weighted by Gasteiger charge is -2.20. The van der Waals surface area contributed by atoms with E-state index in [-0.39, 0.29) is 5.56 Å². The molecule has 106 valence electrons. The maximum atomic E-state index is 11.6. The minimum atomic E-state index is -0.190. The standard InChI is InChI=1S/C14H19N5O/c1-19(8-10-3-2-6-15-10)9-11-4-5-12-13(17-11)7-16-18-14(12)20/h4-5,7,10,15H,2-3,6,8-9H2,1H3,(H,18,20). The summed E-state index contributed by atoms with van der Waals surface area (Å²) in [4.78, 5) is 18.3. The highest BCUT2D eigenvalue weighted by Crippen LogP contribution is 2.10. The van der Waals surface area contributed by atoms with Gasteiger partial charge in [-0.05, 0) is 38.6 Å². The molecule has 6 heteroatoms. The van der Waals surface area contributed by atoms with Gasteiger partial charge in [-0.15, -0.1) is 0 Å². The normalized spacial score (nSPS) is 19.0. The Bertz CT molecular complexity index is 647. The van der Waals surface area contributed by atoms with E-state index in [4.69, 9.17) is 0 Å². The first kappa shape index (κ1) is 13.2.